The highest BCUT2D eigenvalue weighted by Crippen LogP contribution is 2.36. The molecule has 5 heteroatoms. The van der Waals surface area contributed by atoms with Gasteiger partial charge in [0.2, 0.25) is 0 Å². The van der Waals surface area contributed by atoms with Gasteiger partial charge in [-0.25, -0.2) is 0 Å². The maximum absolute atomic E-state index is 13.0. The number of hydrogen-bond acceptors (Lipinski definition) is 2. The molecule has 0 bridgehead atoms. The lowest BCUT2D eigenvalue weighted by Gasteiger charge is -2.31. The molecule has 0 saturated heterocycles. The molecule has 23 heavy (non-hydrogen) atoms. The zero-order valence-corrected chi connectivity index (χ0v) is 14.5. The Labute approximate surface area is 143 Å². The lowest BCUT2D eigenvalue weighted by atomic mass is 10.0. The summed E-state index contributed by atoms with van der Waals surface area (Å²) in [7, 11) is 0. The minimum absolute atomic E-state index is 0.104. The van der Waals surface area contributed by atoms with Crippen LogP contribution in [0.2, 0.25) is 0 Å². The molecule has 2 aromatic rings. The van der Waals surface area contributed by atoms with Gasteiger partial charge in [0, 0.05) is 27.3 Å². The number of carbonyl (C=O) groups excluding carboxylic acids is 2. The fourth-order valence-electron chi connectivity index (χ4n) is 2.86. The van der Waals surface area contributed by atoms with Crippen molar-refractivity contribution in [3.05, 3.63) is 64.1 Å². The first-order valence-corrected chi connectivity index (χ1v) is 8.26. The first-order chi connectivity index (χ1) is 11.0. The van der Waals surface area contributed by atoms with Crippen LogP contribution in [0, 0.1) is 0 Å². The summed E-state index contributed by atoms with van der Waals surface area (Å²) in [4.78, 5) is 27.1. The van der Waals surface area contributed by atoms with Gasteiger partial charge in [0.15, 0.2) is 0 Å². The Bertz CT molecular complexity index is 756. The zero-order chi connectivity index (χ0) is 16.6. The second-order valence-corrected chi connectivity index (χ2v) is 6.71. The van der Waals surface area contributed by atoms with Crippen LogP contribution in [0.5, 0.6) is 0 Å². The number of carbonyl (C=O) groups is 2. The van der Waals surface area contributed by atoms with Gasteiger partial charge in [0.1, 0.15) is 6.04 Å². The van der Waals surface area contributed by atoms with E-state index in [4.69, 9.17) is 0 Å². The Hall–Kier alpha value is -2.14. The SMILES string of the molecule is CC(C)N(C(=O)c1ccc(Br)cc1)C1C(=O)Nc2ccccc21. The molecule has 1 heterocycles. The van der Waals surface area contributed by atoms with E-state index in [1.165, 1.54) is 0 Å². The van der Waals surface area contributed by atoms with E-state index in [0.29, 0.717) is 5.56 Å². The van der Waals surface area contributed by atoms with Crippen LogP contribution in [0.4, 0.5) is 5.69 Å². The topological polar surface area (TPSA) is 49.4 Å². The summed E-state index contributed by atoms with van der Waals surface area (Å²) in [5.74, 6) is -0.310. The fraction of sp³-hybridized carbons (Fsp3) is 0.222. The molecule has 1 aliphatic heterocycles. The van der Waals surface area contributed by atoms with Crippen molar-refractivity contribution in [2.75, 3.05) is 5.32 Å². The number of fused-ring (bicyclic) bond motifs is 1. The Kier molecular flexibility index (Phi) is 4.22. The molecule has 0 saturated carbocycles. The molecular formula is C18H17BrN2O2. The van der Waals surface area contributed by atoms with Crippen molar-refractivity contribution in [1.29, 1.82) is 0 Å². The third-order valence-corrected chi connectivity index (χ3v) is 4.45. The van der Waals surface area contributed by atoms with Gasteiger partial charge in [-0.2, -0.15) is 0 Å². The van der Waals surface area contributed by atoms with E-state index in [-0.39, 0.29) is 17.9 Å². The lowest BCUT2D eigenvalue weighted by molar-refractivity contribution is -0.120. The number of rotatable bonds is 3. The predicted octanol–water partition coefficient (Wildman–Crippen LogP) is 3.99. The van der Waals surface area contributed by atoms with E-state index in [9.17, 15) is 9.59 Å². The van der Waals surface area contributed by atoms with Gasteiger partial charge in [-0.15, -0.1) is 0 Å². The van der Waals surface area contributed by atoms with Gasteiger partial charge in [-0.05, 0) is 44.2 Å². The van der Waals surface area contributed by atoms with Crippen molar-refractivity contribution >= 4 is 33.4 Å². The van der Waals surface area contributed by atoms with Crippen molar-refractivity contribution in [2.24, 2.45) is 0 Å². The van der Waals surface area contributed by atoms with E-state index < -0.39 is 6.04 Å². The predicted molar refractivity (Wildman–Crippen MR) is 93.3 cm³/mol. The van der Waals surface area contributed by atoms with E-state index in [1.54, 1.807) is 17.0 Å². The smallest absolute Gasteiger partial charge is 0.255 e. The van der Waals surface area contributed by atoms with Crippen LogP contribution in [0.3, 0.4) is 0 Å². The molecule has 2 aromatic carbocycles. The number of nitrogens with zero attached hydrogens (tertiary/aromatic N) is 1. The molecular weight excluding hydrogens is 356 g/mol. The number of anilines is 1. The van der Waals surface area contributed by atoms with E-state index in [0.717, 1.165) is 15.7 Å². The number of hydrogen-bond donors (Lipinski definition) is 1. The van der Waals surface area contributed by atoms with Crippen molar-refractivity contribution in [3.63, 3.8) is 0 Å². The van der Waals surface area contributed by atoms with E-state index >= 15 is 0 Å². The number of amides is 2. The number of benzene rings is 2. The first-order valence-electron chi connectivity index (χ1n) is 7.47. The second-order valence-electron chi connectivity index (χ2n) is 5.79. The largest absolute Gasteiger partial charge is 0.324 e. The Morgan fingerprint density at radius 3 is 2.43 bits per heavy atom. The van der Waals surface area contributed by atoms with Gasteiger partial charge in [-0.1, -0.05) is 34.1 Å². The molecule has 4 nitrogen and oxygen atoms in total. The van der Waals surface area contributed by atoms with Crippen molar-refractivity contribution in [3.8, 4) is 0 Å². The van der Waals surface area contributed by atoms with Gasteiger partial charge in [0.25, 0.3) is 11.8 Å². The molecule has 118 valence electrons. The number of para-hydroxylation sites is 1. The average molecular weight is 373 g/mol. The summed E-state index contributed by atoms with van der Waals surface area (Å²) >= 11 is 3.37. The third kappa shape index (κ3) is 2.88. The van der Waals surface area contributed by atoms with Crippen LogP contribution in [-0.4, -0.2) is 22.8 Å². The summed E-state index contributed by atoms with van der Waals surface area (Å²) in [6, 6.07) is 14.0. The van der Waals surface area contributed by atoms with Crippen LogP contribution in [-0.2, 0) is 4.79 Å². The third-order valence-electron chi connectivity index (χ3n) is 3.92. The molecule has 0 aliphatic carbocycles. The van der Waals surface area contributed by atoms with Gasteiger partial charge < -0.3 is 10.2 Å². The molecule has 0 radical (unpaired) electrons. The van der Waals surface area contributed by atoms with Crippen LogP contribution in [0.25, 0.3) is 0 Å². The standard InChI is InChI=1S/C18H17BrN2O2/c1-11(2)21(18(23)12-7-9-13(19)10-8-12)16-14-5-3-4-6-15(14)20-17(16)22/h3-11,16H,1-2H3,(H,20,22). The summed E-state index contributed by atoms with van der Waals surface area (Å²) < 4.78 is 0.911. The number of nitrogens with one attached hydrogen (secondary N) is 1. The van der Waals surface area contributed by atoms with Crippen LogP contribution in [0.15, 0.2) is 53.0 Å². The van der Waals surface area contributed by atoms with Crippen molar-refractivity contribution in [2.45, 2.75) is 25.9 Å². The minimum atomic E-state index is -0.595. The molecule has 1 atom stereocenters. The Morgan fingerprint density at radius 1 is 1.13 bits per heavy atom. The Morgan fingerprint density at radius 2 is 1.78 bits per heavy atom. The highest BCUT2D eigenvalue weighted by molar-refractivity contribution is 9.10. The molecule has 1 aliphatic rings. The molecule has 0 fully saturated rings. The van der Waals surface area contributed by atoms with Crippen LogP contribution >= 0.6 is 15.9 Å². The second kappa shape index (κ2) is 6.16. The van der Waals surface area contributed by atoms with E-state index in [1.807, 2.05) is 50.2 Å². The van der Waals surface area contributed by atoms with Crippen LogP contribution in [0.1, 0.15) is 35.8 Å². The lowest BCUT2D eigenvalue weighted by Crippen LogP contribution is -2.42. The quantitative estimate of drug-likeness (QED) is 0.885. The highest BCUT2D eigenvalue weighted by Gasteiger charge is 2.39. The molecule has 1 N–H and O–H groups in total. The zero-order valence-electron chi connectivity index (χ0n) is 12.9. The molecule has 2 amide bonds. The Balaban J connectivity index is 2.01. The van der Waals surface area contributed by atoms with Crippen molar-refractivity contribution in [1.82, 2.24) is 4.90 Å². The summed E-state index contributed by atoms with van der Waals surface area (Å²) in [6.07, 6.45) is 0. The minimum Gasteiger partial charge on any atom is -0.324 e. The molecule has 0 aromatic heterocycles. The van der Waals surface area contributed by atoms with Crippen molar-refractivity contribution < 1.29 is 9.59 Å². The average Bonchev–Trinajstić information content (AvgIpc) is 2.84. The monoisotopic (exact) mass is 372 g/mol. The van der Waals surface area contributed by atoms with Crippen LogP contribution < -0.4 is 5.32 Å². The van der Waals surface area contributed by atoms with Gasteiger partial charge in [-0.3, -0.25) is 9.59 Å². The van der Waals surface area contributed by atoms with Gasteiger partial charge in [0.05, 0.1) is 0 Å². The summed E-state index contributed by atoms with van der Waals surface area (Å²) in [6.45, 7) is 3.84. The first kappa shape index (κ1) is 15.7. The number of halogens is 1. The normalized spacial score (nSPS) is 16.2. The summed E-state index contributed by atoms with van der Waals surface area (Å²) in [5, 5.41) is 2.86. The maximum Gasteiger partial charge on any atom is 0.255 e. The summed E-state index contributed by atoms with van der Waals surface area (Å²) in [5.41, 5.74) is 2.19. The molecule has 3 rings (SSSR count). The van der Waals surface area contributed by atoms with E-state index in [2.05, 4.69) is 21.2 Å². The fourth-order valence-corrected chi connectivity index (χ4v) is 3.12. The maximum atomic E-state index is 13.0. The molecule has 0 spiro atoms. The molecule has 1 unspecified atom stereocenters. The van der Waals surface area contributed by atoms with Gasteiger partial charge >= 0.3 is 0 Å². The highest BCUT2D eigenvalue weighted by atomic mass is 79.9.